The summed E-state index contributed by atoms with van der Waals surface area (Å²) >= 11 is 1.62. The zero-order valence-electron chi connectivity index (χ0n) is 14.2. The number of amides is 2. The molecule has 2 amide bonds. The van der Waals surface area contributed by atoms with Crippen molar-refractivity contribution in [2.45, 2.75) is 25.7 Å². The molecule has 5 heteroatoms. The van der Waals surface area contributed by atoms with Crippen molar-refractivity contribution in [3.8, 4) is 0 Å². The molecule has 2 saturated heterocycles. The van der Waals surface area contributed by atoms with Gasteiger partial charge in [0.15, 0.2) is 0 Å². The third-order valence-electron chi connectivity index (χ3n) is 5.60. The molecule has 0 radical (unpaired) electrons. The van der Waals surface area contributed by atoms with Crippen molar-refractivity contribution in [2.75, 3.05) is 24.5 Å². The molecule has 0 atom stereocenters. The molecule has 2 aliphatic rings. The summed E-state index contributed by atoms with van der Waals surface area (Å²) in [7, 11) is 0. The van der Waals surface area contributed by atoms with Crippen molar-refractivity contribution in [1.82, 2.24) is 4.90 Å². The van der Waals surface area contributed by atoms with E-state index in [0.717, 1.165) is 37.1 Å². The first kappa shape index (κ1) is 16.3. The minimum Gasteiger partial charge on any atom is -0.342 e. The number of anilines is 1. The van der Waals surface area contributed by atoms with Gasteiger partial charge >= 0.3 is 0 Å². The fourth-order valence-electron chi connectivity index (χ4n) is 4.01. The van der Waals surface area contributed by atoms with E-state index in [1.165, 1.54) is 0 Å². The van der Waals surface area contributed by atoms with Gasteiger partial charge in [-0.3, -0.25) is 9.59 Å². The number of thiophene rings is 1. The molecule has 2 aromatic rings. The highest BCUT2D eigenvalue weighted by Crippen LogP contribution is 2.43. The third-order valence-corrected chi connectivity index (χ3v) is 6.27. The van der Waals surface area contributed by atoms with Crippen LogP contribution in [0.3, 0.4) is 0 Å². The molecule has 1 aromatic heterocycles. The van der Waals surface area contributed by atoms with E-state index in [-0.39, 0.29) is 17.2 Å². The Kier molecular flexibility index (Phi) is 4.34. The molecular weight excluding hydrogens is 332 g/mol. The Morgan fingerprint density at radius 3 is 2.44 bits per heavy atom. The molecule has 4 nitrogen and oxygen atoms in total. The van der Waals surface area contributed by atoms with Gasteiger partial charge in [-0.25, -0.2) is 0 Å². The summed E-state index contributed by atoms with van der Waals surface area (Å²) in [6, 6.07) is 11.9. The lowest BCUT2D eigenvalue weighted by molar-refractivity contribution is -0.137. The number of carbonyl (C=O) groups excluding carboxylic acids is 2. The highest BCUT2D eigenvalue weighted by Gasteiger charge is 2.48. The zero-order chi connectivity index (χ0) is 17.3. The quantitative estimate of drug-likeness (QED) is 0.848. The Morgan fingerprint density at radius 2 is 1.76 bits per heavy atom. The van der Waals surface area contributed by atoms with E-state index in [2.05, 4.69) is 0 Å². The first-order chi connectivity index (χ1) is 12.2. The first-order valence-electron chi connectivity index (χ1n) is 8.84. The number of rotatable bonds is 3. The predicted molar refractivity (Wildman–Crippen MR) is 99.7 cm³/mol. The van der Waals surface area contributed by atoms with Crippen LogP contribution in [-0.4, -0.2) is 36.3 Å². The van der Waals surface area contributed by atoms with Gasteiger partial charge in [-0.15, -0.1) is 0 Å². The molecular formula is C20H22N2O2S. The predicted octanol–water partition coefficient (Wildman–Crippen LogP) is 3.34. The lowest BCUT2D eigenvalue weighted by Crippen LogP contribution is -2.47. The summed E-state index contributed by atoms with van der Waals surface area (Å²) in [6.45, 7) is 2.18. The normalized spacial score (nSPS) is 19.6. The summed E-state index contributed by atoms with van der Waals surface area (Å²) in [5.41, 5.74) is 1.81. The van der Waals surface area contributed by atoms with Gasteiger partial charge in [0, 0.05) is 25.0 Å². The van der Waals surface area contributed by atoms with Gasteiger partial charge in [0.25, 0.3) is 0 Å². The Balaban J connectivity index is 1.38. The van der Waals surface area contributed by atoms with Gasteiger partial charge in [-0.1, -0.05) is 30.3 Å². The van der Waals surface area contributed by atoms with E-state index in [9.17, 15) is 9.59 Å². The molecule has 1 aromatic carbocycles. The number of benzene rings is 1. The molecule has 2 fully saturated rings. The summed E-state index contributed by atoms with van der Waals surface area (Å²) in [4.78, 5) is 29.4. The van der Waals surface area contributed by atoms with Crippen LogP contribution in [-0.2, 0) is 16.0 Å². The van der Waals surface area contributed by atoms with Crippen LogP contribution in [0.5, 0.6) is 0 Å². The third kappa shape index (κ3) is 3.09. The van der Waals surface area contributed by atoms with Crippen molar-refractivity contribution in [1.29, 1.82) is 0 Å². The molecule has 0 unspecified atom stereocenters. The monoisotopic (exact) mass is 354 g/mol. The Morgan fingerprint density at radius 1 is 1.04 bits per heavy atom. The van der Waals surface area contributed by atoms with Gasteiger partial charge in [-0.2, -0.15) is 11.3 Å². The average Bonchev–Trinajstić information content (AvgIpc) is 3.26. The molecule has 2 aliphatic heterocycles. The van der Waals surface area contributed by atoms with Crippen LogP contribution in [0.2, 0.25) is 0 Å². The van der Waals surface area contributed by atoms with Gasteiger partial charge in [0.05, 0.1) is 17.5 Å². The van der Waals surface area contributed by atoms with Gasteiger partial charge in [0.2, 0.25) is 11.8 Å². The van der Waals surface area contributed by atoms with E-state index in [1.54, 1.807) is 11.3 Å². The summed E-state index contributed by atoms with van der Waals surface area (Å²) in [6.07, 6.45) is 2.92. The van der Waals surface area contributed by atoms with E-state index in [1.807, 2.05) is 57.0 Å². The molecule has 0 saturated carbocycles. The van der Waals surface area contributed by atoms with Gasteiger partial charge < -0.3 is 9.80 Å². The number of hydrogen-bond donors (Lipinski definition) is 0. The fraction of sp³-hybridized carbons (Fsp3) is 0.400. The van der Waals surface area contributed by atoms with Crippen LogP contribution in [0.15, 0.2) is 47.2 Å². The SMILES string of the molecule is O=C(Cc1ccccc1)N1CCC2(CC1)CCN(c1ccsc1)C2=O. The van der Waals surface area contributed by atoms with Crippen molar-refractivity contribution in [3.63, 3.8) is 0 Å². The van der Waals surface area contributed by atoms with E-state index in [0.29, 0.717) is 19.5 Å². The van der Waals surface area contributed by atoms with E-state index < -0.39 is 0 Å². The van der Waals surface area contributed by atoms with Crippen LogP contribution < -0.4 is 4.90 Å². The highest BCUT2D eigenvalue weighted by atomic mass is 32.1. The largest absolute Gasteiger partial charge is 0.342 e. The maximum absolute atomic E-state index is 13.0. The lowest BCUT2D eigenvalue weighted by atomic mass is 9.77. The lowest BCUT2D eigenvalue weighted by Gasteiger charge is -2.38. The van der Waals surface area contributed by atoms with Crippen LogP contribution in [0.1, 0.15) is 24.8 Å². The topological polar surface area (TPSA) is 40.6 Å². The standard InChI is InChI=1S/C20H22N2O2S/c23-18(14-16-4-2-1-3-5-16)21-10-7-20(8-11-21)9-12-22(19(20)24)17-6-13-25-15-17/h1-6,13,15H,7-12,14H2. The maximum atomic E-state index is 13.0. The molecule has 4 rings (SSSR count). The van der Waals surface area contributed by atoms with E-state index in [4.69, 9.17) is 0 Å². The minimum atomic E-state index is -0.258. The Labute approximate surface area is 152 Å². The van der Waals surface area contributed by atoms with Gasteiger partial charge in [0.1, 0.15) is 0 Å². The summed E-state index contributed by atoms with van der Waals surface area (Å²) in [5, 5.41) is 4.05. The second-order valence-corrected chi connectivity index (χ2v) is 7.79. The fourth-order valence-corrected chi connectivity index (χ4v) is 4.65. The average molecular weight is 354 g/mol. The van der Waals surface area contributed by atoms with Crippen LogP contribution in [0.4, 0.5) is 5.69 Å². The number of piperidine rings is 1. The van der Waals surface area contributed by atoms with Crippen LogP contribution >= 0.6 is 11.3 Å². The summed E-state index contributed by atoms with van der Waals surface area (Å²) in [5.74, 6) is 0.419. The molecule has 0 N–H and O–H groups in total. The molecule has 3 heterocycles. The van der Waals surface area contributed by atoms with Crippen molar-refractivity contribution in [2.24, 2.45) is 5.41 Å². The van der Waals surface area contributed by atoms with Crippen LogP contribution in [0, 0.1) is 5.41 Å². The van der Waals surface area contributed by atoms with Crippen LogP contribution in [0.25, 0.3) is 0 Å². The maximum Gasteiger partial charge on any atom is 0.233 e. The molecule has 130 valence electrons. The second kappa shape index (κ2) is 6.64. The number of carbonyl (C=O) groups is 2. The molecule has 0 bridgehead atoms. The second-order valence-electron chi connectivity index (χ2n) is 7.01. The van der Waals surface area contributed by atoms with E-state index >= 15 is 0 Å². The highest BCUT2D eigenvalue weighted by molar-refractivity contribution is 7.08. The number of nitrogens with zero attached hydrogens (tertiary/aromatic N) is 2. The molecule has 0 aliphatic carbocycles. The zero-order valence-corrected chi connectivity index (χ0v) is 15.0. The van der Waals surface area contributed by atoms with Crippen molar-refractivity contribution in [3.05, 3.63) is 52.7 Å². The van der Waals surface area contributed by atoms with Crippen molar-refractivity contribution >= 4 is 28.8 Å². The first-order valence-corrected chi connectivity index (χ1v) is 9.78. The minimum absolute atomic E-state index is 0.168. The Hall–Kier alpha value is -2.14. The molecule has 1 spiro atoms. The van der Waals surface area contributed by atoms with Gasteiger partial charge in [-0.05, 0) is 36.3 Å². The Bertz CT molecular complexity index is 749. The summed E-state index contributed by atoms with van der Waals surface area (Å²) < 4.78 is 0. The smallest absolute Gasteiger partial charge is 0.233 e. The van der Waals surface area contributed by atoms with Crippen molar-refractivity contribution < 1.29 is 9.59 Å². The molecule has 25 heavy (non-hydrogen) atoms. The number of hydrogen-bond acceptors (Lipinski definition) is 3. The number of likely N-dealkylation sites (tertiary alicyclic amines) is 1.